The summed E-state index contributed by atoms with van der Waals surface area (Å²) in [5.41, 5.74) is 0.941. The van der Waals surface area contributed by atoms with Crippen molar-refractivity contribution < 1.29 is 33.6 Å². The number of benzene rings is 2. The first kappa shape index (κ1) is 25.1. The fourth-order valence-electron chi connectivity index (χ4n) is 3.80. The number of amides is 1. The molecule has 1 fully saturated rings. The van der Waals surface area contributed by atoms with Crippen LogP contribution in [0.4, 0.5) is 0 Å². The number of rotatable bonds is 10. The molecule has 1 saturated heterocycles. The molecule has 2 aromatic rings. The van der Waals surface area contributed by atoms with Crippen LogP contribution in [-0.2, 0) is 14.3 Å². The van der Waals surface area contributed by atoms with E-state index in [1.54, 1.807) is 42.5 Å². The minimum Gasteiger partial charge on any atom is -0.507 e. The first-order valence-corrected chi connectivity index (χ1v) is 11.0. The summed E-state index contributed by atoms with van der Waals surface area (Å²) < 4.78 is 21.7. The molecule has 1 aliphatic heterocycles. The molecule has 2 aromatic carbocycles. The van der Waals surface area contributed by atoms with Gasteiger partial charge in [0.2, 0.25) is 0 Å². The van der Waals surface area contributed by atoms with E-state index in [1.807, 2.05) is 0 Å². The molecule has 1 N–H and O–H groups in total. The molecule has 34 heavy (non-hydrogen) atoms. The number of carbonyl (C=O) groups is 2. The van der Waals surface area contributed by atoms with E-state index in [9.17, 15) is 14.7 Å². The molecule has 0 saturated carbocycles. The van der Waals surface area contributed by atoms with Crippen LogP contribution in [0, 0.1) is 5.92 Å². The second-order valence-corrected chi connectivity index (χ2v) is 8.32. The zero-order valence-corrected chi connectivity index (χ0v) is 20.2. The van der Waals surface area contributed by atoms with Gasteiger partial charge in [-0.3, -0.25) is 9.59 Å². The summed E-state index contributed by atoms with van der Waals surface area (Å²) in [6, 6.07) is 11.0. The number of likely N-dealkylation sites (tertiary alicyclic amines) is 1. The van der Waals surface area contributed by atoms with Crippen molar-refractivity contribution in [1.82, 2.24) is 4.90 Å². The van der Waals surface area contributed by atoms with Crippen molar-refractivity contribution in [3.8, 4) is 17.2 Å². The first-order chi connectivity index (χ1) is 16.3. The molecule has 3 rings (SSSR count). The molecular weight excluding hydrogens is 438 g/mol. The van der Waals surface area contributed by atoms with Crippen molar-refractivity contribution in [2.24, 2.45) is 5.92 Å². The number of ether oxygens (including phenoxy) is 4. The topological polar surface area (TPSA) is 94.5 Å². The number of methoxy groups -OCH3 is 3. The van der Waals surface area contributed by atoms with E-state index in [1.165, 1.54) is 26.2 Å². The molecule has 1 heterocycles. The van der Waals surface area contributed by atoms with E-state index in [2.05, 4.69) is 13.8 Å². The predicted molar refractivity (Wildman–Crippen MR) is 127 cm³/mol. The highest BCUT2D eigenvalue weighted by atomic mass is 16.5. The fourth-order valence-corrected chi connectivity index (χ4v) is 3.80. The average molecular weight is 470 g/mol. The predicted octanol–water partition coefficient (Wildman–Crippen LogP) is 3.81. The molecule has 0 bridgehead atoms. The van der Waals surface area contributed by atoms with Crippen LogP contribution >= 0.6 is 0 Å². The van der Waals surface area contributed by atoms with Gasteiger partial charge in [0.05, 0.1) is 39.0 Å². The number of Topliss-reactive ketones (excluding diaryl/α,β-unsaturated/α-hetero) is 1. The second-order valence-electron chi connectivity index (χ2n) is 8.32. The van der Waals surface area contributed by atoms with Gasteiger partial charge in [-0.2, -0.15) is 0 Å². The van der Waals surface area contributed by atoms with Crippen molar-refractivity contribution >= 4 is 17.4 Å². The van der Waals surface area contributed by atoms with Crippen LogP contribution in [0.15, 0.2) is 48.0 Å². The van der Waals surface area contributed by atoms with Gasteiger partial charge in [0.1, 0.15) is 23.0 Å². The number of hydrogen-bond acceptors (Lipinski definition) is 7. The Balaban J connectivity index is 2.10. The number of carbonyl (C=O) groups excluding carboxylic acids is 2. The second kappa shape index (κ2) is 11.1. The Hall–Kier alpha value is -3.52. The van der Waals surface area contributed by atoms with Gasteiger partial charge in [0.15, 0.2) is 0 Å². The van der Waals surface area contributed by atoms with E-state index >= 15 is 0 Å². The van der Waals surface area contributed by atoms with Crippen molar-refractivity contribution in [2.75, 3.05) is 41.1 Å². The largest absolute Gasteiger partial charge is 0.507 e. The van der Waals surface area contributed by atoms with Crippen LogP contribution in [0.3, 0.4) is 0 Å². The van der Waals surface area contributed by atoms with Gasteiger partial charge in [-0.15, -0.1) is 0 Å². The molecule has 1 aliphatic rings. The standard InChI is InChI=1S/C26H31NO7/c1-16(2)15-34-18-8-6-17(7-9-18)24(28)22-23(27(12-13-31-3)26(30)25(22)29)20-11-10-19(32-4)14-21(20)33-5/h6-11,14,16,23,28H,12-13,15H2,1-5H3/b24-22-. The van der Waals surface area contributed by atoms with E-state index in [0.717, 1.165) is 0 Å². The van der Waals surface area contributed by atoms with Crippen molar-refractivity contribution in [3.63, 3.8) is 0 Å². The Morgan fingerprint density at radius 2 is 1.68 bits per heavy atom. The van der Waals surface area contributed by atoms with Crippen molar-refractivity contribution in [1.29, 1.82) is 0 Å². The highest BCUT2D eigenvalue weighted by molar-refractivity contribution is 6.46. The Morgan fingerprint density at radius 1 is 1.00 bits per heavy atom. The lowest BCUT2D eigenvalue weighted by Crippen LogP contribution is -2.32. The fraction of sp³-hybridized carbons (Fsp3) is 0.385. The molecule has 1 amide bonds. The molecule has 182 valence electrons. The molecule has 8 nitrogen and oxygen atoms in total. The van der Waals surface area contributed by atoms with Gasteiger partial charge in [-0.05, 0) is 42.3 Å². The minimum absolute atomic E-state index is 0.0135. The molecule has 1 unspecified atom stereocenters. The number of aliphatic hydroxyl groups is 1. The van der Waals surface area contributed by atoms with Crippen molar-refractivity contribution in [2.45, 2.75) is 19.9 Å². The van der Waals surface area contributed by atoms with E-state index in [0.29, 0.717) is 40.9 Å². The third kappa shape index (κ3) is 5.17. The SMILES string of the molecule is COCCN1C(=O)C(=O)/C(=C(\O)c2ccc(OCC(C)C)cc2)C1c1ccc(OC)cc1OC. The molecule has 8 heteroatoms. The number of hydrogen-bond donors (Lipinski definition) is 1. The highest BCUT2D eigenvalue weighted by Gasteiger charge is 2.47. The summed E-state index contributed by atoms with van der Waals surface area (Å²) in [5, 5.41) is 11.2. The lowest BCUT2D eigenvalue weighted by Gasteiger charge is -2.26. The summed E-state index contributed by atoms with van der Waals surface area (Å²) in [7, 11) is 4.55. The molecule has 0 radical (unpaired) electrons. The normalized spacial score (nSPS) is 17.4. The van der Waals surface area contributed by atoms with Gasteiger partial charge < -0.3 is 29.0 Å². The van der Waals surface area contributed by atoms with Gasteiger partial charge in [0.25, 0.3) is 11.7 Å². The summed E-state index contributed by atoms with van der Waals surface area (Å²) in [6.45, 7) is 5.06. The number of nitrogens with zero attached hydrogens (tertiary/aromatic N) is 1. The Bertz CT molecular complexity index is 1060. The zero-order valence-electron chi connectivity index (χ0n) is 20.2. The summed E-state index contributed by atoms with van der Waals surface area (Å²) in [5.74, 6) is 0.268. The van der Waals surface area contributed by atoms with Crippen LogP contribution in [0.25, 0.3) is 5.76 Å². The lowest BCUT2D eigenvalue weighted by molar-refractivity contribution is -0.140. The number of aliphatic hydroxyl groups excluding tert-OH is 1. The van der Waals surface area contributed by atoms with E-state index < -0.39 is 17.7 Å². The highest BCUT2D eigenvalue weighted by Crippen LogP contribution is 2.43. The number of ketones is 1. The monoisotopic (exact) mass is 469 g/mol. The molecular formula is C26H31NO7. The molecule has 1 atom stereocenters. The molecule has 0 aromatic heterocycles. The first-order valence-electron chi connectivity index (χ1n) is 11.0. The third-order valence-electron chi connectivity index (χ3n) is 5.52. The van der Waals surface area contributed by atoms with Crippen molar-refractivity contribution in [3.05, 3.63) is 59.2 Å². The van der Waals surface area contributed by atoms with Crippen LogP contribution in [-0.4, -0.2) is 62.8 Å². The van der Waals surface area contributed by atoms with Gasteiger partial charge in [0, 0.05) is 30.8 Å². The summed E-state index contributed by atoms with van der Waals surface area (Å²) in [4.78, 5) is 27.5. The van der Waals surface area contributed by atoms with Crippen LogP contribution < -0.4 is 14.2 Å². The quantitative estimate of drug-likeness (QED) is 0.321. The minimum atomic E-state index is -0.854. The van der Waals surface area contributed by atoms with Gasteiger partial charge in [-0.25, -0.2) is 0 Å². The maximum atomic E-state index is 13.1. The summed E-state index contributed by atoms with van der Waals surface area (Å²) >= 11 is 0. The maximum absolute atomic E-state index is 13.1. The van der Waals surface area contributed by atoms with Gasteiger partial charge >= 0.3 is 0 Å². The van der Waals surface area contributed by atoms with Crippen LogP contribution in [0.5, 0.6) is 17.2 Å². The lowest BCUT2D eigenvalue weighted by atomic mass is 9.94. The van der Waals surface area contributed by atoms with Crippen LogP contribution in [0.1, 0.15) is 31.0 Å². The summed E-state index contributed by atoms with van der Waals surface area (Å²) in [6.07, 6.45) is 0. The van der Waals surface area contributed by atoms with E-state index in [4.69, 9.17) is 18.9 Å². The Labute approximate surface area is 199 Å². The Morgan fingerprint density at radius 3 is 2.26 bits per heavy atom. The maximum Gasteiger partial charge on any atom is 0.295 e. The van der Waals surface area contributed by atoms with Crippen LogP contribution in [0.2, 0.25) is 0 Å². The zero-order chi connectivity index (χ0) is 24.8. The van der Waals surface area contributed by atoms with E-state index in [-0.39, 0.29) is 24.5 Å². The molecule has 0 aliphatic carbocycles. The Kier molecular flexibility index (Phi) is 8.17. The smallest absolute Gasteiger partial charge is 0.295 e. The van der Waals surface area contributed by atoms with Gasteiger partial charge in [-0.1, -0.05) is 13.8 Å². The molecule has 0 spiro atoms. The third-order valence-corrected chi connectivity index (χ3v) is 5.52. The average Bonchev–Trinajstić information content (AvgIpc) is 3.10.